The van der Waals surface area contributed by atoms with Crippen molar-refractivity contribution in [1.82, 2.24) is 19.2 Å². The highest BCUT2D eigenvalue weighted by molar-refractivity contribution is 5.78. The lowest BCUT2D eigenvalue weighted by Gasteiger charge is -2.33. The van der Waals surface area contributed by atoms with Crippen LogP contribution in [0.25, 0.3) is 0 Å². The number of benzene rings is 1. The topological polar surface area (TPSA) is 60.1 Å². The molecule has 1 aliphatic heterocycles. The maximum absolute atomic E-state index is 12.6. The summed E-state index contributed by atoms with van der Waals surface area (Å²) in [5.74, 6) is 1.42. The first kappa shape index (κ1) is 19.4. The molecule has 1 aromatic heterocycles. The predicted molar refractivity (Wildman–Crippen MR) is 106 cm³/mol. The van der Waals surface area contributed by atoms with E-state index in [4.69, 9.17) is 0 Å². The fourth-order valence-electron chi connectivity index (χ4n) is 3.97. The Morgan fingerprint density at radius 2 is 1.89 bits per heavy atom. The van der Waals surface area contributed by atoms with Gasteiger partial charge in [-0.25, -0.2) is 9.48 Å². The highest BCUT2D eigenvalue weighted by Crippen LogP contribution is 2.27. The molecule has 1 saturated heterocycles. The van der Waals surface area contributed by atoms with Crippen LogP contribution in [0.5, 0.6) is 0 Å². The van der Waals surface area contributed by atoms with Gasteiger partial charge in [-0.2, -0.15) is 5.10 Å². The number of rotatable bonds is 6. The monoisotopic (exact) mass is 370 g/mol. The lowest BCUT2D eigenvalue weighted by atomic mass is 9.94. The molecule has 0 spiro atoms. The Morgan fingerprint density at radius 3 is 2.52 bits per heavy atom. The molecule has 3 rings (SSSR count). The number of nitrogens with zero attached hydrogens (tertiary/aromatic N) is 4. The summed E-state index contributed by atoms with van der Waals surface area (Å²) in [4.78, 5) is 27.1. The van der Waals surface area contributed by atoms with Crippen LogP contribution in [0.1, 0.15) is 56.8 Å². The fourth-order valence-corrected chi connectivity index (χ4v) is 3.97. The Morgan fingerprint density at radius 1 is 1.22 bits per heavy atom. The number of piperidine rings is 1. The average molecular weight is 370 g/mol. The molecule has 1 aromatic carbocycles. The van der Waals surface area contributed by atoms with E-state index in [9.17, 15) is 9.59 Å². The van der Waals surface area contributed by atoms with Gasteiger partial charge in [0.25, 0.3) is 0 Å². The molecular weight excluding hydrogens is 340 g/mol. The smallest absolute Gasteiger partial charge is 0.342 e. The number of likely N-dealkylation sites (tertiary alicyclic amines) is 1. The SMILES string of the molecule is CCC[C@H](C)C(=O)N1CCC(c2nn(C)c(=O)n2Cc2ccccc2)CC1. The maximum atomic E-state index is 12.6. The van der Waals surface area contributed by atoms with E-state index < -0.39 is 0 Å². The first-order chi connectivity index (χ1) is 13.0. The van der Waals surface area contributed by atoms with E-state index in [1.54, 1.807) is 11.6 Å². The van der Waals surface area contributed by atoms with Crippen LogP contribution in [0.4, 0.5) is 0 Å². The molecule has 6 nitrogen and oxygen atoms in total. The third-order valence-corrected chi connectivity index (χ3v) is 5.54. The molecule has 0 unspecified atom stereocenters. The Labute approximate surface area is 160 Å². The van der Waals surface area contributed by atoms with Gasteiger partial charge in [-0.3, -0.25) is 9.36 Å². The Balaban J connectivity index is 1.72. The summed E-state index contributed by atoms with van der Waals surface area (Å²) in [7, 11) is 1.71. The van der Waals surface area contributed by atoms with Crippen LogP contribution >= 0.6 is 0 Å². The molecule has 0 aliphatic carbocycles. The normalized spacial score (nSPS) is 16.5. The summed E-state index contributed by atoms with van der Waals surface area (Å²) in [5, 5.41) is 4.53. The molecule has 1 amide bonds. The molecular formula is C21H30N4O2. The van der Waals surface area contributed by atoms with Gasteiger partial charge in [-0.05, 0) is 24.8 Å². The molecule has 27 heavy (non-hydrogen) atoms. The molecule has 0 saturated carbocycles. The number of carbonyl (C=O) groups excluding carboxylic acids is 1. The quantitative estimate of drug-likeness (QED) is 0.786. The van der Waals surface area contributed by atoms with Crippen molar-refractivity contribution in [3.8, 4) is 0 Å². The van der Waals surface area contributed by atoms with E-state index >= 15 is 0 Å². The average Bonchev–Trinajstić information content (AvgIpc) is 2.97. The van der Waals surface area contributed by atoms with Crippen molar-refractivity contribution in [3.63, 3.8) is 0 Å². The molecule has 1 fully saturated rings. The first-order valence-corrected chi connectivity index (χ1v) is 9.97. The van der Waals surface area contributed by atoms with E-state index in [0.29, 0.717) is 6.54 Å². The van der Waals surface area contributed by atoms with Gasteiger partial charge in [0.2, 0.25) is 5.91 Å². The van der Waals surface area contributed by atoms with Crippen LogP contribution in [-0.4, -0.2) is 38.2 Å². The Bertz CT molecular complexity index is 816. The minimum absolute atomic E-state index is 0.0797. The van der Waals surface area contributed by atoms with Gasteiger partial charge in [-0.1, -0.05) is 50.6 Å². The number of aryl methyl sites for hydroxylation is 1. The van der Waals surface area contributed by atoms with Crippen molar-refractivity contribution in [3.05, 3.63) is 52.2 Å². The lowest BCUT2D eigenvalue weighted by Crippen LogP contribution is -2.41. The number of hydrogen-bond acceptors (Lipinski definition) is 3. The Hall–Kier alpha value is -2.37. The molecule has 6 heteroatoms. The van der Waals surface area contributed by atoms with Gasteiger partial charge < -0.3 is 4.90 Å². The molecule has 0 N–H and O–H groups in total. The zero-order chi connectivity index (χ0) is 19.4. The van der Waals surface area contributed by atoms with Crippen LogP contribution in [-0.2, 0) is 18.4 Å². The van der Waals surface area contributed by atoms with Gasteiger partial charge in [0, 0.05) is 32.0 Å². The zero-order valence-corrected chi connectivity index (χ0v) is 16.6. The second-order valence-electron chi connectivity index (χ2n) is 7.63. The van der Waals surface area contributed by atoms with Gasteiger partial charge in [-0.15, -0.1) is 0 Å². The van der Waals surface area contributed by atoms with E-state index in [-0.39, 0.29) is 23.4 Å². The first-order valence-electron chi connectivity index (χ1n) is 9.97. The minimum atomic E-state index is -0.0797. The summed E-state index contributed by atoms with van der Waals surface area (Å²) < 4.78 is 3.22. The van der Waals surface area contributed by atoms with Crippen molar-refractivity contribution in [1.29, 1.82) is 0 Å². The van der Waals surface area contributed by atoms with Crippen molar-refractivity contribution in [2.45, 2.75) is 52.0 Å². The molecule has 0 bridgehead atoms. The third-order valence-electron chi connectivity index (χ3n) is 5.54. The number of hydrogen-bond donors (Lipinski definition) is 0. The summed E-state index contributed by atoms with van der Waals surface area (Å²) >= 11 is 0. The maximum Gasteiger partial charge on any atom is 0.345 e. The van der Waals surface area contributed by atoms with Crippen LogP contribution in [0.2, 0.25) is 0 Å². The molecule has 146 valence electrons. The third kappa shape index (κ3) is 4.31. The van der Waals surface area contributed by atoms with E-state index in [0.717, 1.165) is 50.2 Å². The standard InChI is InChI=1S/C21H30N4O2/c1-4-8-16(2)20(26)24-13-11-18(12-14-24)19-22-23(3)21(27)25(19)15-17-9-6-5-7-10-17/h5-7,9-10,16,18H,4,8,11-15H2,1-3H3/t16-/m0/s1. The molecule has 1 aliphatic rings. The van der Waals surface area contributed by atoms with Crippen molar-refractivity contribution in [2.75, 3.05) is 13.1 Å². The van der Waals surface area contributed by atoms with E-state index in [1.807, 2.05) is 42.2 Å². The van der Waals surface area contributed by atoms with Crippen molar-refractivity contribution >= 4 is 5.91 Å². The van der Waals surface area contributed by atoms with Crippen LogP contribution in [0, 0.1) is 5.92 Å². The predicted octanol–water partition coefficient (Wildman–Crippen LogP) is 2.77. The van der Waals surface area contributed by atoms with Crippen molar-refractivity contribution in [2.24, 2.45) is 13.0 Å². The number of amides is 1. The Kier molecular flexibility index (Phi) is 6.14. The fraction of sp³-hybridized carbons (Fsp3) is 0.571. The van der Waals surface area contributed by atoms with E-state index in [2.05, 4.69) is 12.0 Å². The van der Waals surface area contributed by atoms with Gasteiger partial charge in [0.05, 0.1) is 6.54 Å². The van der Waals surface area contributed by atoms with E-state index in [1.165, 1.54) is 4.68 Å². The molecule has 2 aromatic rings. The second kappa shape index (κ2) is 8.55. The number of aromatic nitrogens is 3. The highest BCUT2D eigenvalue weighted by atomic mass is 16.2. The largest absolute Gasteiger partial charge is 0.345 e. The van der Waals surface area contributed by atoms with Crippen LogP contribution in [0.3, 0.4) is 0 Å². The van der Waals surface area contributed by atoms with Crippen LogP contribution < -0.4 is 5.69 Å². The summed E-state index contributed by atoms with van der Waals surface area (Å²) in [5.41, 5.74) is 1.01. The zero-order valence-electron chi connectivity index (χ0n) is 16.6. The number of carbonyl (C=O) groups is 1. The highest BCUT2D eigenvalue weighted by Gasteiger charge is 2.29. The molecule has 1 atom stereocenters. The van der Waals surface area contributed by atoms with Gasteiger partial charge in [0.15, 0.2) is 0 Å². The molecule has 0 radical (unpaired) electrons. The lowest BCUT2D eigenvalue weighted by molar-refractivity contribution is -0.136. The summed E-state index contributed by atoms with van der Waals surface area (Å²) in [6.45, 7) is 6.16. The second-order valence-corrected chi connectivity index (χ2v) is 7.63. The van der Waals surface area contributed by atoms with Crippen molar-refractivity contribution < 1.29 is 4.79 Å². The van der Waals surface area contributed by atoms with Crippen LogP contribution in [0.15, 0.2) is 35.1 Å². The minimum Gasteiger partial charge on any atom is -0.342 e. The summed E-state index contributed by atoms with van der Waals surface area (Å²) in [6.07, 6.45) is 3.68. The molecule has 2 heterocycles. The van der Waals surface area contributed by atoms with Gasteiger partial charge in [0.1, 0.15) is 5.82 Å². The summed E-state index contributed by atoms with van der Waals surface area (Å²) in [6, 6.07) is 10.00. The van der Waals surface area contributed by atoms with Gasteiger partial charge >= 0.3 is 5.69 Å².